The maximum atomic E-state index is 4.91. The molecule has 1 heterocycles. The summed E-state index contributed by atoms with van der Waals surface area (Å²) >= 11 is 1.94. The van der Waals surface area contributed by atoms with Crippen LogP contribution < -0.4 is 5.32 Å². The minimum Gasteiger partial charge on any atom is -0.306 e. The average Bonchev–Trinajstić information content (AvgIpc) is 2.88. The molecule has 0 fully saturated rings. The number of aromatic nitrogens is 1. The van der Waals surface area contributed by atoms with Crippen molar-refractivity contribution in [2.45, 2.75) is 58.9 Å². The second kappa shape index (κ2) is 5.07. The highest BCUT2D eigenvalue weighted by Gasteiger charge is 2.35. The molecular weight excluding hydrogens is 228 g/mol. The number of nitrogens with one attached hydrogen (secondary N) is 1. The Bertz CT molecular complexity index is 364. The van der Waals surface area contributed by atoms with Gasteiger partial charge in [0.15, 0.2) is 0 Å². The number of aryl methyl sites for hydroxylation is 2. The quantitative estimate of drug-likeness (QED) is 0.867. The van der Waals surface area contributed by atoms with Crippen molar-refractivity contribution >= 4 is 11.3 Å². The average molecular weight is 252 g/mol. The number of nitrogens with zero attached hydrogens (tertiary/aromatic N) is 1. The predicted octanol–water partition coefficient (Wildman–Crippen LogP) is 3.50. The maximum Gasteiger partial charge on any atom is 0.113 e. The lowest BCUT2D eigenvalue weighted by molar-refractivity contribution is 0.245. The van der Waals surface area contributed by atoms with E-state index < -0.39 is 0 Å². The van der Waals surface area contributed by atoms with E-state index in [-0.39, 0.29) is 5.54 Å². The van der Waals surface area contributed by atoms with E-state index in [9.17, 15) is 0 Å². The van der Waals surface area contributed by atoms with E-state index in [2.05, 4.69) is 33.0 Å². The normalized spacial score (nSPS) is 20.0. The van der Waals surface area contributed by atoms with Gasteiger partial charge in [0.25, 0.3) is 0 Å². The van der Waals surface area contributed by atoms with Crippen molar-refractivity contribution in [3.63, 3.8) is 0 Å². The van der Waals surface area contributed by atoms with Gasteiger partial charge in [-0.3, -0.25) is 0 Å². The van der Waals surface area contributed by atoms with E-state index in [1.807, 2.05) is 11.3 Å². The Morgan fingerprint density at radius 1 is 1.41 bits per heavy atom. The molecular formula is C14H24N2S. The summed E-state index contributed by atoms with van der Waals surface area (Å²) in [5.41, 5.74) is 1.43. The first-order valence-electron chi connectivity index (χ1n) is 6.85. The van der Waals surface area contributed by atoms with Gasteiger partial charge in [0.05, 0.1) is 11.2 Å². The van der Waals surface area contributed by atoms with E-state index in [4.69, 9.17) is 4.98 Å². The van der Waals surface area contributed by atoms with Crippen molar-refractivity contribution in [3.05, 3.63) is 15.6 Å². The Labute approximate surface area is 109 Å². The van der Waals surface area contributed by atoms with Crippen molar-refractivity contribution in [2.75, 3.05) is 6.54 Å². The third-order valence-corrected chi connectivity index (χ3v) is 5.58. The van der Waals surface area contributed by atoms with Crippen LogP contribution in [0.15, 0.2) is 0 Å². The van der Waals surface area contributed by atoms with E-state index in [0.29, 0.717) is 5.92 Å². The third-order valence-electron chi connectivity index (χ3n) is 4.18. The Morgan fingerprint density at radius 2 is 2.18 bits per heavy atom. The first-order valence-corrected chi connectivity index (χ1v) is 7.67. The fraction of sp³-hybridized carbons (Fsp3) is 0.786. The van der Waals surface area contributed by atoms with Gasteiger partial charge in [-0.2, -0.15) is 0 Å². The number of rotatable bonds is 5. The zero-order valence-corrected chi connectivity index (χ0v) is 12.3. The fourth-order valence-corrected chi connectivity index (χ4v) is 4.04. The summed E-state index contributed by atoms with van der Waals surface area (Å²) in [6.45, 7) is 10.1. The third kappa shape index (κ3) is 2.27. The van der Waals surface area contributed by atoms with Crippen LogP contribution in [-0.4, -0.2) is 11.5 Å². The van der Waals surface area contributed by atoms with Gasteiger partial charge in [-0.05, 0) is 38.6 Å². The highest BCUT2D eigenvalue weighted by atomic mass is 32.1. The van der Waals surface area contributed by atoms with Crippen LogP contribution in [0.5, 0.6) is 0 Å². The van der Waals surface area contributed by atoms with Crippen molar-refractivity contribution in [2.24, 2.45) is 5.92 Å². The molecule has 2 atom stereocenters. The first-order chi connectivity index (χ1) is 8.11. The molecule has 96 valence electrons. The van der Waals surface area contributed by atoms with Crippen LogP contribution >= 0.6 is 11.3 Å². The SMILES string of the molecule is CCNC(C)(c1nc2c(s1)CCC2)C(C)CC. The van der Waals surface area contributed by atoms with Gasteiger partial charge in [-0.1, -0.05) is 27.2 Å². The summed E-state index contributed by atoms with van der Waals surface area (Å²) in [5.74, 6) is 0.619. The number of fused-ring (bicyclic) bond motifs is 1. The molecule has 2 nitrogen and oxygen atoms in total. The summed E-state index contributed by atoms with van der Waals surface area (Å²) in [4.78, 5) is 6.44. The summed E-state index contributed by atoms with van der Waals surface area (Å²) in [7, 11) is 0. The number of hydrogen-bond donors (Lipinski definition) is 1. The van der Waals surface area contributed by atoms with Crippen molar-refractivity contribution in [1.82, 2.24) is 10.3 Å². The van der Waals surface area contributed by atoms with Crippen LogP contribution in [0, 0.1) is 5.92 Å². The molecule has 0 aromatic carbocycles. The molecule has 1 aliphatic carbocycles. The Hall–Kier alpha value is -0.410. The van der Waals surface area contributed by atoms with Gasteiger partial charge in [-0.15, -0.1) is 11.3 Å². The summed E-state index contributed by atoms with van der Waals surface area (Å²) in [6.07, 6.45) is 4.92. The molecule has 0 saturated heterocycles. The van der Waals surface area contributed by atoms with Gasteiger partial charge in [-0.25, -0.2) is 4.98 Å². The topological polar surface area (TPSA) is 24.9 Å². The highest BCUT2D eigenvalue weighted by molar-refractivity contribution is 7.12. The van der Waals surface area contributed by atoms with E-state index in [1.165, 1.54) is 41.3 Å². The lowest BCUT2D eigenvalue weighted by atomic mass is 9.85. The molecule has 17 heavy (non-hydrogen) atoms. The molecule has 1 aromatic heterocycles. The van der Waals surface area contributed by atoms with Crippen LogP contribution in [0.3, 0.4) is 0 Å². The molecule has 3 heteroatoms. The van der Waals surface area contributed by atoms with Crippen LogP contribution in [0.4, 0.5) is 0 Å². The minimum absolute atomic E-state index is 0.0541. The van der Waals surface area contributed by atoms with Gasteiger partial charge < -0.3 is 5.32 Å². The van der Waals surface area contributed by atoms with Gasteiger partial charge in [0.2, 0.25) is 0 Å². The predicted molar refractivity (Wildman–Crippen MR) is 74.6 cm³/mol. The summed E-state index contributed by atoms with van der Waals surface area (Å²) in [6, 6.07) is 0. The van der Waals surface area contributed by atoms with Crippen LogP contribution in [0.2, 0.25) is 0 Å². The van der Waals surface area contributed by atoms with E-state index in [0.717, 1.165) is 6.54 Å². The van der Waals surface area contributed by atoms with Gasteiger partial charge in [0, 0.05) is 4.88 Å². The molecule has 0 aliphatic heterocycles. The zero-order valence-electron chi connectivity index (χ0n) is 11.5. The minimum atomic E-state index is 0.0541. The monoisotopic (exact) mass is 252 g/mol. The first kappa shape index (κ1) is 13.0. The molecule has 0 bridgehead atoms. The molecule has 0 amide bonds. The molecule has 2 unspecified atom stereocenters. The molecule has 1 aromatic rings. The maximum absolute atomic E-state index is 4.91. The van der Waals surface area contributed by atoms with Gasteiger partial charge in [0.1, 0.15) is 5.01 Å². The summed E-state index contributed by atoms with van der Waals surface area (Å²) in [5, 5.41) is 4.97. The van der Waals surface area contributed by atoms with Crippen LogP contribution in [-0.2, 0) is 18.4 Å². The fourth-order valence-electron chi connectivity index (χ4n) is 2.65. The smallest absolute Gasteiger partial charge is 0.113 e. The molecule has 0 saturated carbocycles. The van der Waals surface area contributed by atoms with E-state index in [1.54, 1.807) is 0 Å². The zero-order chi connectivity index (χ0) is 12.5. The van der Waals surface area contributed by atoms with Crippen LogP contribution in [0.25, 0.3) is 0 Å². The van der Waals surface area contributed by atoms with E-state index >= 15 is 0 Å². The number of hydrogen-bond acceptors (Lipinski definition) is 3. The Kier molecular flexibility index (Phi) is 3.88. The second-order valence-electron chi connectivity index (χ2n) is 5.28. The largest absolute Gasteiger partial charge is 0.306 e. The molecule has 1 N–H and O–H groups in total. The van der Waals surface area contributed by atoms with Gasteiger partial charge >= 0.3 is 0 Å². The lowest BCUT2D eigenvalue weighted by Crippen LogP contribution is -2.44. The molecule has 2 rings (SSSR count). The lowest BCUT2D eigenvalue weighted by Gasteiger charge is -2.34. The van der Waals surface area contributed by atoms with Crippen molar-refractivity contribution in [3.8, 4) is 0 Å². The molecule has 0 radical (unpaired) electrons. The summed E-state index contributed by atoms with van der Waals surface area (Å²) < 4.78 is 0. The Morgan fingerprint density at radius 3 is 2.76 bits per heavy atom. The van der Waals surface area contributed by atoms with Crippen molar-refractivity contribution in [1.29, 1.82) is 0 Å². The van der Waals surface area contributed by atoms with Crippen molar-refractivity contribution < 1.29 is 0 Å². The molecule has 1 aliphatic rings. The second-order valence-corrected chi connectivity index (χ2v) is 6.37. The highest BCUT2D eigenvalue weighted by Crippen LogP contribution is 2.37. The van der Waals surface area contributed by atoms with Crippen LogP contribution in [0.1, 0.15) is 56.1 Å². The molecule has 0 spiro atoms. The Balaban J connectivity index is 2.31. The number of thiazole rings is 1. The standard InChI is InChI=1S/C14H24N2S/c1-5-10(3)14(4,15-6-2)13-16-11-8-7-9-12(11)17-13/h10,15H,5-9H2,1-4H3.